The third kappa shape index (κ3) is 4.97. The van der Waals surface area contributed by atoms with Gasteiger partial charge in [0, 0.05) is 32.5 Å². The summed E-state index contributed by atoms with van der Waals surface area (Å²) in [5.41, 5.74) is 6.47. The molecule has 142 valence electrons. The summed E-state index contributed by atoms with van der Waals surface area (Å²) in [6.45, 7) is 5.26. The zero-order chi connectivity index (χ0) is 18.5. The van der Waals surface area contributed by atoms with Crippen LogP contribution in [0.5, 0.6) is 5.75 Å². The number of benzene rings is 1. The van der Waals surface area contributed by atoms with Gasteiger partial charge in [0.25, 0.3) is 0 Å². The molecule has 1 atom stereocenters. The standard InChI is InChI=1S/C20H29N3O3/c1-15-4-2-6-18(12-15)26-17-7-10-23(11-8-17)20(25)16-5-3-9-22(13-16)14-19(21)24/h2,4,6,12,16-17H,3,5,7-11,13-14H2,1H3,(H2,21,24)/t16-/m1/s1. The van der Waals surface area contributed by atoms with Crippen molar-refractivity contribution in [2.45, 2.75) is 38.7 Å². The number of carbonyl (C=O) groups excluding carboxylic acids is 2. The van der Waals surface area contributed by atoms with Gasteiger partial charge in [-0.25, -0.2) is 0 Å². The van der Waals surface area contributed by atoms with E-state index >= 15 is 0 Å². The monoisotopic (exact) mass is 359 g/mol. The lowest BCUT2D eigenvalue weighted by atomic mass is 9.95. The second kappa shape index (κ2) is 8.54. The maximum Gasteiger partial charge on any atom is 0.231 e. The van der Waals surface area contributed by atoms with Crippen molar-refractivity contribution in [2.24, 2.45) is 11.7 Å². The number of primary amides is 1. The lowest BCUT2D eigenvalue weighted by Crippen LogP contribution is -2.49. The minimum Gasteiger partial charge on any atom is -0.490 e. The van der Waals surface area contributed by atoms with E-state index in [4.69, 9.17) is 10.5 Å². The molecule has 2 aliphatic rings. The first-order valence-corrected chi connectivity index (χ1v) is 9.54. The topological polar surface area (TPSA) is 75.9 Å². The molecule has 0 saturated carbocycles. The molecule has 1 aromatic carbocycles. The highest BCUT2D eigenvalue weighted by Gasteiger charge is 2.32. The molecule has 6 heteroatoms. The predicted octanol–water partition coefficient (Wildman–Crippen LogP) is 1.56. The molecule has 2 aliphatic heterocycles. The number of likely N-dealkylation sites (tertiary alicyclic amines) is 2. The Kier molecular flexibility index (Phi) is 6.14. The number of nitrogens with zero attached hydrogens (tertiary/aromatic N) is 2. The van der Waals surface area contributed by atoms with Crippen molar-refractivity contribution in [1.82, 2.24) is 9.80 Å². The highest BCUT2D eigenvalue weighted by atomic mass is 16.5. The maximum absolute atomic E-state index is 12.8. The second-order valence-corrected chi connectivity index (χ2v) is 7.50. The van der Waals surface area contributed by atoms with E-state index in [0.717, 1.165) is 51.1 Å². The number of rotatable bonds is 5. The Hall–Kier alpha value is -2.08. The fourth-order valence-corrected chi connectivity index (χ4v) is 3.95. The second-order valence-electron chi connectivity index (χ2n) is 7.50. The average Bonchev–Trinajstić information content (AvgIpc) is 2.61. The van der Waals surface area contributed by atoms with Crippen LogP contribution in [0.15, 0.2) is 24.3 Å². The normalized spacial score (nSPS) is 22.2. The molecule has 0 aromatic heterocycles. The van der Waals surface area contributed by atoms with Crippen LogP contribution in [0.1, 0.15) is 31.2 Å². The molecule has 0 aliphatic carbocycles. The van der Waals surface area contributed by atoms with Gasteiger partial charge in [-0.1, -0.05) is 12.1 Å². The number of aryl methyl sites for hydroxylation is 1. The van der Waals surface area contributed by atoms with Gasteiger partial charge in [-0.2, -0.15) is 0 Å². The molecule has 0 bridgehead atoms. The zero-order valence-corrected chi connectivity index (χ0v) is 15.5. The smallest absolute Gasteiger partial charge is 0.231 e. The SMILES string of the molecule is Cc1cccc(OC2CCN(C(=O)[C@@H]3CCCN(CC(N)=O)C3)CC2)c1. The van der Waals surface area contributed by atoms with Gasteiger partial charge < -0.3 is 15.4 Å². The molecule has 6 nitrogen and oxygen atoms in total. The number of hydrogen-bond donors (Lipinski definition) is 1. The molecule has 2 amide bonds. The summed E-state index contributed by atoms with van der Waals surface area (Å²) in [7, 11) is 0. The van der Waals surface area contributed by atoms with Crippen molar-refractivity contribution >= 4 is 11.8 Å². The van der Waals surface area contributed by atoms with Gasteiger partial charge in [0.05, 0.1) is 12.5 Å². The van der Waals surface area contributed by atoms with Gasteiger partial charge in [0.2, 0.25) is 11.8 Å². The first-order valence-electron chi connectivity index (χ1n) is 9.54. The molecule has 2 saturated heterocycles. The summed E-state index contributed by atoms with van der Waals surface area (Å²) in [4.78, 5) is 27.9. The molecular formula is C20H29N3O3. The summed E-state index contributed by atoms with van der Waals surface area (Å²) in [5.74, 6) is 0.780. The largest absolute Gasteiger partial charge is 0.490 e. The lowest BCUT2D eigenvalue weighted by Gasteiger charge is -2.37. The van der Waals surface area contributed by atoms with Gasteiger partial charge in [0.1, 0.15) is 11.9 Å². The predicted molar refractivity (Wildman–Crippen MR) is 99.8 cm³/mol. The van der Waals surface area contributed by atoms with Crippen LogP contribution in [0.4, 0.5) is 0 Å². The summed E-state index contributed by atoms with van der Waals surface area (Å²) in [6.07, 6.45) is 3.72. The van der Waals surface area contributed by atoms with Crippen LogP contribution in [0.3, 0.4) is 0 Å². The number of carbonyl (C=O) groups is 2. The lowest BCUT2D eigenvalue weighted by molar-refractivity contribution is -0.139. The molecule has 0 unspecified atom stereocenters. The van der Waals surface area contributed by atoms with Crippen molar-refractivity contribution < 1.29 is 14.3 Å². The van der Waals surface area contributed by atoms with E-state index in [1.165, 1.54) is 5.56 Å². The minimum absolute atomic E-state index is 0.0164. The molecule has 2 fully saturated rings. The number of ether oxygens (including phenoxy) is 1. The van der Waals surface area contributed by atoms with Crippen molar-refractivity contribution in [1.29, 1.82) is 0 Å². The third-order valence-electron chi connectivity index (χ3n) is 5.28. The van der Waals surface area contributed by atoms with Crippen molar-refractivity contribution in [3.8, 4) is 5.75 Å². The van der Waals surface area contributed by atoms with E-state index in [-0.39, 0.29) is 30.4 Å². The first-order chi connectivity index (χ1) is 12.5. The highest BCUT2D eigenvalue weighted by molar-refractivity contribution is 5.80. The number of amides is 2. The molecule has 0 spiro atoms. The Morgan fingerprint density at radius 3 is 2.65 bits per heavy atom. The Labute approximate surface area is 155 Å². The fraction of sp³-hybridized carbons (Fsp3) is 0.600. The summed E-state index contributed by atoms with van der Waals surface area (Å²) in [6, 6.07) is 8.09. The summed E-state index contributed by atoms with van der Waals surface area (Å²) in [5, 5.41) is 0. The first kappa shape index (κ1) is 18.7. The van der Waals surface area contributed by atoms with E-state index in [0.29, 0.717) is 6.54 Å². The minimum atomic E-state index is -0.327. The Morgan fingerprint density at radius 1 is 1.19 bits per heavy atom. The van der Waals surface area contributed by atoms with Gasteiger partial charge in [-0.15, -0.1) is 0 Å². The third-order valence-corrected chi connectivity index (χ3v) is 5.28. The van der Waals surface area contributed by atoms with Gasteiger partial charge >= 0.3 is 0 Å². The van der Waals surface area contributed by atoms with Gasteiger partial charge in [0.15, 0.2) is 0 Å². The molecule has 2 N–H and O–H groups in total. The van der Waals surface area contributed by atoms with Crippen LogP contribution >= 0.6 is 0 Å². The van der Waals surface area contributed by atoms with E-state index in [1.54, 1.807) is 0 Å². The van der Waals surface area contributed by atoms with Crippen molar-refractivity contribution in [2.75, 3.05) is 32.7 Å². The fourth-order valence-electron chi connectivity index (χ4n) is 3.95. The molecule has 2 heterocycles. The Morgan fingerprint density at radius 2 is 1.96 bits per heavy atom. The number of hydrogen-bond acceptors (Lipinski definition) is 4. The number of piperidine rings is 2. The van der Waals surface area contributed by atoms with E-state index in [1.807, 2.05) is 28.0 Å². The molecule has 3 rings (SSSR count). The molecule has 1 aromatic rings. The Balaban J connectivity index is 1.48. The average molecular weight is 359 g/mol. The number of nitrogens with two attached hydrogens (primary N) is 1. The molecule has 26 heavy (non-hydrogen) atoms. The molecular weight excluding hydrogens is 330 g/mol. The van der Waals surface area contributed by atoms with E-state index in [9.17, 15) is 9.59 Å². The molecule has 0 radical (unpaired) electrons. The van der Waals surface area contributed by atoms with Gasteiger partial charge in [-0.05, 0) is 44.0 Å². The summed E-state index contributed by atoms with van der Waals surface area (Å²) < 4.78 is 6.07. The van der Waals surface area contributed by atoms with Gasteiger partial charge in [-0.3, -0.25) is 14.5 Å². The summed E-state index contributed by atoms with van der Waals surface area (Å²) >= 11 is 0. The van der Waals surface area contributed by atoms with E-state index < -0.39 is 0 Å². The van der Waals surface area contributed by atoms with Crippen LogP contribution in [0.2, 0.25) is 0 Å². The Bertz CT molecular complexity index is 641. The van der Waals surface area contributed by atoms with Crippen LogP contribution in [-0.4, -0.2) is 60.4 Å². The highest BCUT2D eigenvalue weighted by Crippen LogP contribution is 2.23. The van der Waals surface area contributed by atoms with Crippen LogP contribution < -0.4 is 10.5 Å². The van der Waals surface area contributed by atoms with Crippen LogP contribution in [0.25, 0.3) is 0 Å². The quantitative estimate of drug-likeness (QED) is 0.866. The zero-order valence-electron chi connectivity index (χ0n) is 15.5. The van der Waals surface area contributed by atoms with Crippen molar-refractivity contribution in [3.05, 3.63) is 29.8 Å². The van der Waals surface area contributed by atoms with E-state index in [2.05, 4.69) is 13.0 Å². The maximum atomic E-state index is 12.8. The van der Waals surface area contributed by atoms with Crippen LogP contribution in [0, 0.1) is 12.8 Å². The van der Waals surface area contributed by atoms with Crippen molar-refractivity contribution in [3.63, 3.8) is 0 Å². The van der Waals surface area contributed by atoms with Crippen LogP contribution in [-0.2, 0) is 9.59 Å².